The molecule has 0 aliphatic rings. The maximum Gasteiger partial charge on any atom is 0.244 e. The summed E-state index contributed by atoms with van der Waals surface area (Å²) in [5, 5.41) is 4.02. The molecule has 5 nitrogen and oxygen atoms in total. The van der Waals surface area contributed by atoms with E-state index in [9.17, 15) is 4.79 Å². The van der Waals surface area contributed by atoms with Crippen molar-refractivity contribution in [3.8, 4) is 0 Å². The van der Waals surface area contributed by atoms with Gasteiger partial charge in [0.2, 0.25) is 5.91 Å². The molecule has 106 valence electrons. The minimum Gasteiger partial charge on any atom is -0.382 e. The quantitative estimate of drug-likeness (QED) is 0.922. The van der Waals surface area contributed by atoms with Gasteiger partial charge in [-0.2, -0.15) is 5.10 Å². The molecular formula is C15H20N4O. The predicted octanol–water partition coefficient (Wildman–Crippen LogP) is 1.74. The Bertz CT molecular complexity index is 618. The number of hydrogen-bond acceptors (Lipinski definition) is 3. The Morgan fingerprint density at radius 3 is 2.70 bits per heavy atom. The van der Waals surface area contributed by atoms with Crippen LogP contribution in [0.4, 0.5) is 5.82 Å². The molecular weight excluding hydrogens is 252 g/mol. The van der Waals surface area contributed by atoms with Gasteiger partial charge in [-0.1, -0.05) is 23.8 Å². The van der Waals surface area contributed by atoms with Crippen LogP contribution in [-0.4, -0.2) is 27.6 Å². The van der Waals surface area contributed by atoms with Crippen molar-refractivity contribution in [3.63, 3.8) is 0 Å². The Morgan fingerprint density at radius 2 is 2.10 bits per heavy atom. The highest BCUT2D eigenvalue weighted by atomic mass is 16.2. The van der Waals surface area contributed by atoms with Gasteiger partial charge in [0.25, 0.3) is 0 Å². The van der Waals surface area contributed by atoms with Gasteiger partial charge in [-0.05, 0) is 31.0 Å². The van der Waals surface area contributed by atoms with Gasteiger partial charge >= 0.3 is 0 Å². The molecule has 2 aromatic rings. The second-order valence-corrected chi connectivity index (χ2v) is 5.12. The van der Waals surface area contributed by atoms with Crippen molar-refractivity contribution in [3.05, 3.63) is 47.2 Å². The van der Waals surface area contributed by atoms with E-state index in [0.717, 1.165) is 5.56 Å². The van der Waals surface area contributed by atoms with Crippen LogP contribution in [0.2, 0.25) is 0 Å². The van der Waals surface area contributed by atoms with E-state index in [-0.39, 0.29) is 12.5 Å². The molecule has 5 heteroatoms. The lowest BCUT2D eigenvalue weighted by Gasteiger charge is -2.18. The molecule has 2 rings (SSSR count). The van der Waals surface area contributed by atoms with Crippen molar-refractivity contribution in [2.45, 2.75) is 26.9 Å². The second kappa shape index (κ2) is 5.77. The largest absolute Gasteiger partial charge is 0.382 e. The number of amides is 1. The Balaban J connectivity index is 2.00. The maximum atomic E-state index is 12.1. The standard InChI is InChI=1S/C15H20N4O/c1-11-4-5-13(12(2)8-11)9-18(3)15(20)10-19-7-6-14(16)17-19/h4-8H,9-10H2,1-3H3,(H2,16,17). The van der Waals surface area contributed by atoms with Crippen LogP contribution in [0, 0.1) is 13.8 Å². The van der Waals surface area contributed by atoms with Gasteiger partial charge in [0, 0.05) is 19.8 Å². The first-order valence-corrected chi connectivity index (χ1v) is 6.55. The van der Waals surface area contributed by atoms with Crippen LogP contribution in [0.15, 0.2) is 30.5 Å². The third-order valence-corrected chi connectivity index (χ3v) is 3.29. The van der Waals surface area contributed by atoms with Gasteiger partial charge in [0.15, 0.2) is 0 Å². The van der Waals surface area contributed by atoms with Crippen molar-refractivity contribution in [1.29, 1.82) is 0 Å². The van der Waals surface area contributed by atoms with Crippen molar-refractivity contribution in [2.75, 3.05) is 12.8 Å². The third kappa shape index (κ3) is 3.38. The second-order valence-electron chi connectivity index (χ2n) is 5.12. The van der Waals surface area contributed by atoms with Crippen LogP contribution < -0.4 is 5.73 Å². The van der Waals surface area contributed by atoms with Crippen molar-refractivity contribution in [2.24, 2.45) is 0 Å². The molecule has 1 aromatic carbocycles. The molecule has 0 spiro atoms. The summed E-state index contributed by atoms with van der Waals surface area (Å²) in [5.41, 5.74) is 9.12. The number of anilines is 1. The van der Waals surface area contributed by atoms with Gasteiger partial charge in [-0.15, -0.1) is 0 Å². The first-order valence-electron chi connectivity index (χ1n) is 6.55. The lowest BCUT2D eigenvalue weighted by molar-refractivity contribution is -0.131. The molecule has 0 aliphatic heterocycles. The number of carbonyl (C=O) groups excluding carboxylic acids is 1. The number of likely N-dealkylation sites (N-methyl/N-ethyl adjacent to an activating group) is 1. The minimum atomic E-state index is 0.00748. The number of nitrogens with zero attached hydrogens (tertiary/aromatic N) is 3. The van der Waals surface area contributed by atoms with E-state index in [2.05, 4.69) is 37.1 Å². The zero-order valence-corrected chi connectivity index (χ0v) is 12.1. The summed E-state index contributed by atoms with van der Waals surface area (Å²) in [6, 6.07) is 7.94. The lowest BCUT2D eigenvalue weighted by Crippen LogP contribution is -2.30. The van der Waals surface area contributed by atoms with E-state index >= 15 is 0 Å². The Kier molecular flexibility index (Phi) is 4.08. The first kappa shape index (κ1) is 14.1. The van der Waals surface area contributed by atoms with E-state index in [1.165, 1.54) is 11.1 Å². The predicted molar refractivity (Wildman–Crippen MR) is 79.0 cm³/mol. The molecule has 0 saturated carbocycles. The van der Waals surface area contributed by atoms with Crippen LogP contribution in [0.3, 0.4) is 0 Å². The maximum absolute atomic E-state index is 12.1. The molecule has 0 radical (unpaired) electrons. The van der Waals surface area contributed by atoms with Crippen LogP contribution in [0.1, 0.15) is 16.7 Å². The van der Waals surface area contributed by atoms with Gasteiger partial charge in [-0.3, -0.25) is 9.48 Å². The SMILES string of the molecule is Cc1ccc(CN(C)C(=O)Cn2ccc(N)n2)c(C)c1. The number of hydrogen-bond donors (Lipinski definition) is 1. The number of nitrogen functional groups attached to an aromatic ring is 1. The Hall–Kier alpha value is -2.30. The minimum absolute atomic E-state index is 0.00748. The third-order valence-electron chi connectivity index (χ3n) is 3.29. The molecule has 0 fully saturated rings. The summed E-state index contributed by atoms with van der Waals surface area (Å²) in [7, 11) is 1.80. The van der Waals surface area contributed by atoms with Crippen LogP contribution >= 0.6 is 0 Å². The normalized spacial score (nSPS) is 10.6. The van der Waals surface area contributed by atoms with Crippen LogP contribution in [0.5, 0.6) is 0 Å². The highest BCUT2D eigenvalue weighted by Gasteiger charge is 2.11. The van der Waals surface area contributed by atoms with E-state index in [1.807, 2.05) is 0 Å². The first-order chi connectivity index (χ1) is 9.45. The van der Waals surface area contributed by atoms with Crippen molar-refractivity contribution < 1.29 is 4.79 Å². The fourth-order valence-corrected chi connectivity index (χ4v) is 2.09. The highest BCUT2D eigenvalue weighted by molar-refractivity contribution is 5.75. The summed E-state index contributed by atoms with van der Waals surface area (Å²) >= 11 is 0. The molecule has 0 bridgehead atoms. The summed E-state index contributed by atoms with van der Waals surface area (Å²) in [4.78, 5) is 13.8. The summed E-state index contributed by atoms with van der Waals surface area (Å²) in [6.07, 6.45) is 1.71. The van der Waals surface area contributed by atoms with E-state index < -0.39 is 0 Å². The monoisotopic (exact) mass is 272 g/mol. The molecule has 0 saturated heterocycles. The number of aryl methyl sites for hydroxylation is 2. The number of aromatic nitrogens is 2. The van der Waals surface area contributed by atoms with E-state index in [1.54, 1.807) is 28.9 Å². The molecule has 0 aliphatic carbocycles. The van der Waals surface area contributed by atoms with Crippen LogP contribution in [-0.2, 0) is 17.9 Å². The number of benzene rings is 1. The van der Waals surface area contributed by atoms with Gasteiger partial charge in [0.05, 0.1) is 0 Å². The molecule has 1 heterocycles. The number of nitrogens with two attached hydrogens (primary N) is 1. The fourth-order valence-electron chi connectivity index (χ4n) is 2.09. The number of rotatable bonds is 4. The summed E-state index contributed by atoms with van der Waals surface area (Å²) in [6.45, 7) is 4.93. The van der Waals surface area contributed by atoms with Crippen LogP contribution in [0.25, 0.3) is 0 Å². The Morgan fingerprint density at radius 1 is 1.35 bits per heavy atom. The summed E-state index contributed by atoms with van der Waals surface area (Å²) in [5.74, 6) is 0.433. The zero-order chi connectivity index (χ0) is 14.7. The molecule has 1 amide bonds. The highest BCUT2D eigenvalue weighted by Crippen LogP contribution is 2.12. The molecule has 2 N–H and O–H groups in total. The smallest absolute Gasteiger partial charge is 0.244 e. The summed E-state index contributed by atoms with van der Waals surface area (Å²) < 4.78 is 1.55. The Labute approximate surface area is 119 Å². The van der Waals surface area contributed by atoms with Gasteiger partial charge in [-0.25, -0.2) is 0 Å². The van der Waals surface area contributed by atoms with Gasteiger partial charge in [0.1, 0.15) is 12.4 Å². The molecule has 0 unspecified atom stereocenters. The van der Waals surface area contributed by atoms with E-state index in [4.69, 9.17) is 5.73 Å². The molecule has 1 aromatic heterocycles. The fraction of sp³-hybridized carbons (Fsp3) is 0.333. The lowest BCUT2D eigenvalue weighted by atomic mass is 10.1. The average molecular weight is 272 g/mol. The molecule has 0 atom stereocenters. The number of carbonyl (C=O) groups is 1. The molecule has 20 heavy (non-hydrogen) atoms. The van der Waals surface area contributed by atoms with Crippen molar-refractivity contribution >= 4 is 11.7 Å². The zero-order valence-electron chi connectivity index (χ0n) is 12.1. The van der Waals surface area contributed by atoms with Gasteiger partial charge < -0.3 is 10.6 Å². The topological polar surface area (TPSA) is 64.2 Å². The van der Waals surface area contributed by atoms with Crippen molar-refractivity contribution in [1.82, 2.24) is 14.7 Å². The average Bonchev–Trinajstić information content (AvgIpc) is 2.78. The van der Waals surface area contributed by atoms with E-state index in [0.29, 0.717) is 12.4 Å².